The maximum Gasteiger partial charge on any atom is 0.534 e. The van der Waals surface area contributed by atoms with Gasteiger partial charge in [-0.2, -0.15) is 21.6 Å². The molecule has 0 radical (unpaired) electrons. The Balaban J connectivity index is 2.51. The van der Waals surface area contributed by atoms with Gasteiger partial charge >= 0.3 is 27.6 Å². The lowest BCUT2D eigenvalue weighted by atomic mass is 10.0. The first-order valence-corrected chi connectivity index (χ1v) is 8.84. The summed E-state index contributed by atoms with van der Waals surface area (Å²) in [4.78, 5) is 23.5. The van der Waals surface area contributed by atoms with Gasteiger partial charge in [0, 0.05) is 6.42 Å². The number of ether oxygens (including phenoxy) is 2. The van der Waals surface area contributed by atoms with Crippen LogP contribution in [0.1, 0.15) is 12.5 Å². The number of carbonyl (C=O) groups is 2. The molecule has 7 nitrogen and oxygen atoms in total. The largest absolute Gasteiger partial charge is 0.534 e. The van der Waals surface area contributed by atoms with E-state index in [9.17, 15) is 31.2 Å². The van der Waals surface area contributed by atoms with Crippen LogP contribution in [0.2, 0.25) is 0 Å². The summed E-state index contributed by atoms with van der Waals surface area (Å²) in [6, 6.07) is 8.07. The van der Waals surface area contributed by atoms with E-state index in [0.29, 0.717) is 5.56 Å². The van der Waals surface area contributed by atoms with Crippen molar-refractivity contribution in [3.63, 3.8) is 0 Å². The molecule has 0 aliphatic carbocycles. The fourth-order valence-corrected chi connectivity index (χ4v) is 2.54. The highest BCUT2D eigenvalue weighted by Crippen LogP contribution is 2.34. The van der Waals surface area contributed by atoms with Gasteiger partial charge in [-0.15, -0.1) is 0 Å². The Morgan fingerprint density at radius 3 is 2.41 bits per heavy atom. The smallest absolute Gasteiger partial charge is 0.463 e. The minimum absolute atomic E-state index is 0.000102. The van der Waals surface area contributed by atoms with Gasteiger partial charge in [-0.3, -0.25) is 0 Å². The number of hydrogen-bond donors (Lipinski definition) is 0. The summed E-state index contributed by atoms with van der Waals surface area (Å²) >= 11 is 0. The van der Waals surface area contributed by atoms with Gasteiger partial charge in [0.05, 0.1) is 18.3 Å². The van der Waals surface area contributed by atoms with E-state index in [1.54, 1.807) is 30.3 Å². The van der Waals surface area contributed by atoms with Crippen LogP contribution in [0.4, 0.5) is 13.2 Å². The van der Waals surface area contributed by atoms with Gasteiger partial charge in [0.15, 0.2) is 0 Å². The Morgan fingerprint density at radius 1 is 1.22 bits per heavy atom. The Bertz CT molecular complexity index is 900. The normalized spacial score (nSPS) is 16.4. The number of esters is 2. The van der Waals surface area contributed by atoms with Crippen molar-refractivity contribution in [1.82, 2.24) is 0 Å². The van der Waals surface area contributed by atoms with Crippen LogP contribution in [-0.2, 0) is 39.8 Å². The second-order valence-corrected chi connectivity index (χ2v) is 6.64. The SMILES string of the molecule is CCOC(=O)/C=C1\OC(=O)C(OS(=O)(=O)C(F)(F)F)=C1Cc1ccccc1. The number of halogens is 3. The maximum absolute atomic E-state index is 12.6. The summed E-state index contributed by atoms with van der Waals surface area (Å²) < 4.78 is 73.7. The quantitative estimate of drug-likeness (QED) is 0.310. The average Bonchev–Trinajstić information content (AvgIpc) is 2.83. The van der Waals surface area contributed by atoms with Crippen molar-refractivity contribution in [2.24, 2.45) is 0 Å². The van der Waals surface area contributed by atoms with Crippen molar-refractivity contribution in [3.8, 4) is 0 Å². The van der Waals surface area contributed by atoms with Crippen molar-refractivity contribution >= 4 is 22.1 Å². The highest BCUT2D eigenvalue weighted by Gasteiger charge is 2.51. The van der Waals surface area contributed by atoms with Gasteiger partial charge < -0.3 is 13.7 Å². The first kappa shape index (κ1) is 20.5. The molecule has 0 atom stereocenters. The van der Waals surface area contributed by atoms with Gasteiger partial charge in [-0.25, -0.2) is 9.59 Å². The summed E-state index contributed by atoms with van der Waals surface area (Å²) in [6.45, 7) is 1.52. The third-order valence-electron chi connectivity index (χ3n) is 3.20. The van der Waals surface area contributed by atoms with E-state index in [4.69, 9.17) is 4.74 Å². The number of carbonyl (C=O) groups excluding carboxylic acids is 2. The first-order valence-electron chi connectivity index (χ1n) is 7.44. The van der Waals surface area contributed by atoms with Crippen LogP contribution >= 0.6 is 0 Å². The Kier molecular flexibility index (Phi) is 5.94. The topological polar surface area (TPSA) is 96.0 Å². The first-order chi connectivity index (χ1) is 12.5. The van der Waals surface area contributed by atoms with Gasteiger partial charge in [0.1, 0.15) is 5.76 Å². The second kappa shape index (κ2) is 7.82. The molecule has 0 saturated carbocycles. The van der Waals surface area contributed by atoms with E-state index in [1.807, 2.05) is 0 Å². The number of cyclic esters (lactones) is 1. The summed E-state index contributed by atoms with van der Waals surface area (Å²) in [7, 11) is -6.10. The average molecular weight is 406 g/mol. The van der Waals surface area contributed by atoms with Crippen molar-refractivity contribution in [3.05, 3.63) is 59.1 Å². The van der Waals surface area contributed by atoms with Crippen LogP contribution in [0.25, 0.3) is 0 Å². The van der Waals surface area contributed by atoms with E-state index in [2.05, 4.69) is 8.92 Å². The van der Waals surface area contributed by atoms with Crippen molar-refractivity contribution in [2.75, 3.05) is 6.61 Å². The zero-order valence-electron chi connectivity index (χ0n) is 13.8. The van der Waals surface area contributed by atoms with Crippen LogP contribution in [0.5, 0.6) is 0 Å². The lowest BCUT2D eigenvalue weighted by molar-refractivity contribution is -0.137. The summed E-state index contributed by atoms with van der Waals surface area (Å²) in [5.41, 5.74) is -5.57. The summed E-state index contributed by atoms with van der Waals surface area (Å²) in [5, 5.41) is 0. The van der Waals surface area contributed by atoms with Gasteiger partial charge in [0.2, 0.25) is 5.76 Å². The van der Waals surface area contributed by atoms with E-state index in [0.717, 1.165) is 6.08 Å². The number of rotatable bonds is 6. The Hall–Kier alpha value is -2.82. The van der Waals surface area contributed by atoms with Crippen LogP contribution in [0.3, 0.4) is 0 Å². The molecule has 11 heteroatoms. The molecule has 0 bridgehead atoms. The van der Waals surface area contributed by atoms with Crippen molar-refractivity contribution < 1.29 is 44.8 Å². The number of benzene rings is 1. The van der Waals surface area contributed by atoms with Crippen molar-refractivity contribution in [2.45, 2.75) is 18.9 Å². The molecular formula is C16H13F3O7S. The molecular weight excluding hydrogens is 393 g/mol. The molecule has 1 aliphatic rings. The van der Waals surface area contributed by atoms with Crippen LogP contribution < -0.4 is 0 Å². The second-order valence-electron chi connectivity index (χ2n) is 5.10. The lowest BCUT2D eigenvalue weighted by Gasteiger charge is -2.09. The zero-order valence-corrected chi connectivity index (χ0v) is 14.6. The highest BCUT2D eigenvalue weighted by atomic mass is 32.2. The van der Waals surface area contributed by atoms with Gasteiger partial charge in [0.25, 0.3) is 0 Å². The molecule has 27 heavy (non-hydrogen) atoms. The molecule has 0 spiro atoms. The summed E-state index contributed by atoms with van der Waals surface area (Å²) in [5.74, 6) is -4.00. The number of hydrogen-bond acceptors (Lipinski definition) is 7. The molecule has 0 N–H and O–H groups in total. The number of alkyl halides is 3. The van der Waals surface area contributed by atoms with E-state index < -0.39 is 39.1 Å². The van der Waals surface area contributed by atoms with E-state index in [1.165, 1.54) is 6.92 Å². The van der Waals surface area contributed by atoms with Crippen molar-refractivity contribution in [1.29, 1.82) is 0 Å². The predicted molar refractivity (Wildman–Crippen MR) is 84.0 cm³/mol. The molecule has 0 amide bonds. The van der Waals surface area contributed by atoms with Crippen LogP contribution in [0.15, 0.2) is 53.5 Å². The van der Waals surface area contributed by atoms with Crippen LogP contribution in [0, 0.1) is 0 Å². The Labute approximate surface area is 152 Å². The third-order valence-corrected chi connectivity index (χ3v) is 4.15. The molecule has 146 valence electrons. The monoisotopic (exact) mass is 406 g/mol. The molecule has 1 aromatic carbocycles. The molecule has 0 unspecified atom stereocenters. The fraction of sp³-hybridized carbons (Fsp3) is 0.250. The maximum atomic E-state index is 12.6. The van der Waals surface area contributed by atoms with Gasteiger partial charge in [-0.05, 0) is 12.5 Å². The molecule has 0 fully saturated rings. The minimum atomic E-state index is -6.10. The molecule has 0 aromatic heterocycles. The summed E-state index contributed by atoms with van der Waals surface area (Å²) in [6.07, 6.45) is 0.511. The number of allylic oxidation sites excluding steroid dienone is 1. The highest BCUT2D eigenvalue weighted by molar-refractivity contribution is 7.87. The predicted octanol–water partition coefficient (Wildman–Crippen LogP) is 2.35. The van der Waals surface area contributed by atoms with E-state index >= 15 is 0 Å². The van der Waals surface area contributed by atoms with Gasteiger partial charge in [-0.1, -0.05) is 30.3 Å². The third kappa shape index (κ3) is 4.88. The molecule has 1 aliphatic heterocycles. The molecule has 1 heterocycles. The lowest BCUT2D eigenvalue weighted by Crippen LogP contribution is -2.26. The molecule has 0 saturated heterocycles. The molecule has 2 rings (SSSR count). The van der Waals surface area contributed by atoms with E-state index in [-0.39, 0.29) is 18.6 Å². The fourth-order valence-electron chi connectivity index (χ4n) is 2.06. The van der Waals surface area contributed by atoms with Crippen LogP contribution in [-0.4, -0.2) is 32.5 Å². The zero-order chi connectivity index (χ0) is 20.2. The standard InChI is InChI=1S/C16H13F3O7S/c1-2-24-13(20)9-12-11(8-10-6-4-3-5-7-10)14(15(21)25-12)26-27(22,23)16(17,18)19/h3-7,9H,2,8H2,1H3/b12-9-. The molecule has 1 aromatic rings. The minimum Gasteiger partial charge on any atom is -0.463 e. The Morgan fingerprint density at radius 2 is 1.85 bits per heavy atom.